The van der Waals surface area contributed by atoms with Crippen LogP contribution in [0.25, 0.3) is 0 Å². The number of likely N-dealkylation sites (tertiary alicyclic amines) is 2. The highest BCUT2D eigenvalue weighted by Gasteiger charge is 2.29. The molecule has 86 valence electrons. The first-order chi connectivity index (χ1) is 7.16. The molecule has 0 radical (unpaired) electrons. The van der Waals surface area contributed by atoms with Crippen LogP contribution in [0.15, 0.2) is 0 Å². The van der Waals surface area contributed by atoms with Crippen LogP contribution in [0.3, 0.4) is 0 Å². The molecule has 0 aliphatic carbocycles. The van der Waals surface area contributed by atoms with Gasteiger partial charge in [0.05, 0.1) is 0 Å². The summed E-state index contributed by atoms with van der Waals surface area (Å²) in [6.07, 6.45) is 3.32. The molecule has 0 aromatic rings. The second-order valence-corrected chi connectivity index (χ2v) is 5.15. The molecule has 0 bridgehead atoms. The summed E-state index contributed by atoms with van der Waals surface area (Å²) in [7, 11) is 2.19. The van der Waals surface area contributed by atoms with Crippen LogP contribution in [0.4, 0.5) is 0 Å². The lowest BCUT2D eigenvalue weighted by Crippen LogP contribution is -2.49. The second-order valence-electron chi connectivity index (χ2n) is 5.15. The molecular formula is C12H22N2O. The molecule has 3 heteroatoms. The number of carbonyl (C=O) groups is 1. The highest BCUT2D eigenvalue weighted by molar-refractivity contribution is 5.81. The average molecular weight is 210 g/mol. The number of Topliss-reactive ketones (excluding diaryl/α,β-unsaturated/α-hetero) is 1. The van der Waals surface area contributed by atoms with Gasteiger partial charge in [-0.25, -0.2) is 0 Å². The Morgan fingerprint density at radius 1 is 1.20 bits per heavy atom. The van der Waals surface area contributed by atoms with E-state index in [0.717, 1.165) is 25.6 Å². The summed E-state index contributed by atoms with van der Waals surface area (Å²) in [6, 6.07) is 0.733. The monoisotopic (exact) mass is 210 g/mol. The van der Waals surface area contributed by atoms with Gasteiger partial charge in [0.1, 0.15) is 5.78 Å². The van der Waals surface area contributed by atoms with E-state index >= 15 is 0 Å². The molecule has 15 heavy (non-hydrogen) atoms. The van der Waals surface area contributed by atoms with Crippen molar-refractivity contribution in [1.82, 2.24) is 9.80 Å². The van der Waals surface area contributed by atoms with Crippen molar-refractivity contribution in [2.75, 3.05) is 33.2 Å². The third-order valence-corrected chi connectivity index (χ3v) is 3.91. The van der Waals surface area contributed by atoms with E-state index in [0.29, 0.717) is 5.78 Å². The van der Waals surface area contributed by atoms with Gasteiger partial charge < -0.3 is 4.90 Å². The first-order valence-corrected chi connectivity index (χ1v) is 6.12. The Balaban J connectivity index is 1.86. The molecule has 2 rings (SSSR count). The molecule has 2 heterocycles. The van der Waals surface area contributed by atoms with E-state index in [1.807, 2.05) is 0 Å². The minimum absolute atomic E-state index is 0.262. The van der Waals surface area contributed by atoms with Crippen LogP contribution in [-0.2, 0) is 4.79 Å². The summed E-state index contributed by atoms with van der Waals surface area (Å²) < 4.78 is 0. The molecule has 2 saturated heterocycles. The Hall–Kier alpha value is -0.410. The van der Waals surface area contributed by atoms with Gasteiger partial charge in [-0.3, -0.25) is 9.69 Å². The smallest absolute Gasteiger partial charge is 0.138 e. The van der Waals surface area contributed by atoms with Crippen LogP contribution in [0, 0.1) is 5.92 Å². The van der Waals surface area contributed by atoms with Crippen LogP contribution in [-0.4, -0.2) is 54.9 Å². The van der Waals surface area contributed by atoms with E-state index in [9.17, 15) is 4.79 Å². The van der Waals surface area contributed by atoms with Crippen molar-refractivity contribution in [3.63, 3.8) is 0 Å². The Labute approximate surface area is 92.4 Å². The highest BCUT2D eigenvalue weighted by atomic mass is 16.1. The van der Waals surface area contributed by atoms with Crippen molar-refractivity contribution in [2.45, 2.75) is 32.2 Å². The minimum Gasteiger partial charge on any atom is -0.306 e. The first-order valence-electron chi connectivity index (χ1n) is 6.12. The van der Waals surface area contributed by atoms with Gasteiger partial charge in [-0.2, -0.15) is 0 Å². The Kier molecular flexibility index (Phi) is 3.42. The van der Waals surface area contributed by atoms with Gasteiger partial charge in [-0.05, 0) is 33.0 Å². The maximum absolute atomic E-state index is 11.4. The lowest BCUT2D eigenvalue weighted by molar-refractivity contribution is -0.126. The van der Waals surface area contributed by atoms with E-state index < -0.39 is 0 Å². The largest absolute Gasteiger partial charge is 0.306 e. The molecule has 2 aliphatic rings. The number of rotatable bonds is 1. The van der Waals surface area contributed by atoms with Crippen LogP contribution in [0.5, 0.6) is 0 Å². The number of nitrogens with zero attached hydrogens (tertiary/aromatic N) is 2. The van der Waals surface area contributed by atoms with Crippen molar-refractivity contribution in [3.05, 3.63) is 0 Å². The Bertz CT molecular complexity index is 234. The molecule has 0 N–H and O–H groups in total. The van der Waals surface area contributed by atoms with Crippen molar-refractivity contribution < 1.29 is 4.79 Å². The minimum atomic E-state index is 0.262. The van der Waals surface area contributed by atoms with E-state index in [4.69, 9.17) is 0 Å². The number of ketones is 1. The quantitative estimate of drug-likeness (QED) is 0.645. The molecule has 1 atom stereocenters. The standard InChI is InChI=1S/C12H22N2O/c1-10-9-14(8-5-12(10)15)11-3-6-13(2)7-4-11/h10-11H,3-9H2,1-2H3. The molecular weight excluding hydrogens is 188 g/mol. The van der Waals surface area contributed by atoms with Gasteiger partial charge >= 0.3 is 0 Å². The summed E-state index contributed by atoms with van der Waals surface area (Å²) >= 11 is 0. The van der Waals surface area contributed by atoms with Crippen molar-refractivity contribution in [2.24, 2.45) is 5.92 Å². The summed E-state index contributed by atoms with van der Waals surface area (Å²) in [5.74, 6) is 0.720. The summed E-state index contributed by atoms with van der Waals surface area (Å²) in [6.45, 7) is 6.49. The molecule has 2 fully saturated rings. The molecule has 0 amide bonds. The molecule has 0 spiro atoms. The summed E-state index contributed by atoms with van der Waals surface area (Å²) in [5, 5.41) is 0. The van der Waals surface area contributed by atoms with Gasteiger partial charge in [-0.15, -0.1) is 0 Å². The topological polar surface area (TPSA) is 23.6 Å². The lowest BCUT2D eigenvalue weighted by Gasteiger charge is -2.40. The molecule has 0 aromatic heterocycles. The lowest BCUT2D eigenvalue weighted by atomic mass is 9.94. The SMILES string of the molecule is CC1CN(C2CCN(C)CC2)CCC1=O. The zero-order valence-corrected chi connectivity index (χ0v) is 9.91. The third kappa shape index (κ3) is 2.58. The van der Waals surface area contributed by atoms with Crippen LogP contribution < -0.4 is 0 Å². The molecule has 0 aromatic carbocycles. The van der Waals surface area contributed by atoms with Gasteiger partial charge in [0, 0.05) is 31.5 Å². The van der Waals surface area contributed by atoms with Gasteiger partial charge in [0.2, 0.25) is 0 Å². The molecule has 0 saturated carbocycles. The maximum Gasteiger partial charge on any atom is 0.138 e. The zero-order valence-electron chi connectivity index (χ0n) is 9.91. The molecule has 3 nitrogen and oxygen atoms in total. The normalized spacial score (nSPS) is 32.1. The van der Waals surface area contributed by atoms with Crippen LogP contribution >= 0.6 is 0 Å². The summed E-state index contributed by atoms with van der Waals surface area (Å²) in [5.41, 5.74) is 0. The fourth-order valence-corrected chi connectivity index (χ4v) is 2.74. The van der Waals surface area contributed by atoms with Gasteiger partial charge in [0.15, 0.2) is 0 Å². The van der Waals surface area contributed by atoms with E-state index in [-0.39, 0.29) is 5.92 Å². The van der Waals surface area contributed by atoms with E-state index in [1.165, 1.54) is 25.9 Å². The highest BCUT2D eigenvalue weighted by Crippen LogP contribution is 2.21. The van der Waals surface area contributed by atoms with Crippen molar-refractivity contribution >= 4 is 5.78 Å². The maximum atomic E-state index is 11.4. The molecule has 1 unspecified atom stereocenters. The fraction of sp³-hybridized carbons (Fsp3) is 0.917. The van der Waals surface area contributed by atoms with E-state index in [2.05, 4.69) is 23.8 Å². The Morgan fingerprint density at radius 2 is 1.87 bits per heavy atom. The van der Waals surface area contributed by atoms with Crippen molar-refractivity contribution in [3.8, 4) is 0 Å². The number of piperidine rings is 2. The van der Waals surface area contributed by atoms with E-state index in [1.54, 1.807) is 0 Å². The average Bonchev–Trinajstić information content (AvgIpc) is 2.23. The number of carbonyl (C=O) groups excluding carboxylic acids is 1. The predicted octanol–water partition coefficient (Wildman–Crippen LogP) is 0.992. The number of hydrogen-bond acceptors (Lipinski definition) is 3. The Morgan fingerprint density at radius 3 is 2.47 bits per heavy atom. The number of hydrogen-bond donors (Lipinski definition) is 0. The molecule has 2 aliphatic heterocycles. The fourth-order valence-electron chi connectivity index (χ4n) is 2.74. The third-order valence-electron chi connectivity index (χ3n) is 3.91. The van der Waals surface area contributed by atoms with Crippen molar-refractivity contribution in [1.29, 1.82) is 0 Å². The van der Waals surface area contributed by atoms with Crippen LogP contribution in [0.2, 0.25) is 0 Å². The summed E-state index contributed by atoms with van der Waals surface area (Å²) in [4.78, 5) is 16.4. The van der Waals surface area contributed by atoms with Crippen LogP contribution in [0.1, 0.15) is 26.2 Å². The first kappa shape index (κ1) is 11.1. The van der Waals surface area contributed by atoms with Gasteiger partial charge in [0.25, 0.3) is 0 Å². The second kappa shape index (κ2) is 4.62. The predicted molar refractivity (Wildman–Crippen MR) is 60.9 cm³/mol. The zero-order chi connectivity index (χ0) is 10.8. The van der Waals surface area contributed by atoms with Gasteiger partial charge in [-0.1, -0.05) is 6.92 Å².